The molecule has 2 aromatic rings. The average Bonchev–Trinajstić information content (AvgIpc) is 3.32. The summed E-state index contributed by atoms with van der Waals surface area (Å²) >= 11 is 5.80. The van der Waals surface area contributed by atoms with E-state index < -0.39 is 39.4 Å². The number of halogens is 2. The van der Waals surface area contributed by atoms with E-state index in [2.05, 4.69) is 4.72 Å². The fraction of sp³-hybridized carbons (Fsp3) is 0.381. The Kier molecular flexibility index (Phi) is 5.72. The molecule has 2 aliphatic rings. The Labute approximate surface area is 185 Å². The van der Waals surface area contributed by atoms with Gasteiger partial charge in [0.2, 0.25) is 0 Å². The lowest BCUT2D eigenvalue weighted by atomic mass is 10.1. The van der Waals surface area contributed by atoms with Crippen LogP contribution in [0.25, 0.3) is 0 Å². The molecule has 2 fully saturated rings. The highest BCUT2D eigenvalue weighted by atomic mass is 35.5. The lowest BCUT2D eigenvalue weighted by Crippen LogP contribution is -2.56. The van der Waals surface area contributed by atoms with Gasteiger partial charge in [0.05, 0.1) is 5.69 Å². The molecule has 0 unspecified atom stereocenters. The minimum absolute atomic E-state index is 0.109. The molecular weight excluding hydrogens is 445 g/mol. The number of piperazine rings is 1. The van der Waals surface area contributed by atoms with Crippen LogP contribution >= 0.6 is 11.6 Å². The summed E-state index contributed by atoms with van der Waals surface area (Å²) in [4.78, 5) is 13.9. The summed E-state index contributed by atoms with van der Waals surface area (Å²) in [6, 6.07) is 13.4. The van der Waals surface area contributed by atoms with E-state index >= 15 is 0 Å². The maximum atomic E-state index is 14.2. The quantitative estimate of drug-likeness (QED) is 0.681. The van der Waals surface area contributed by atoms with Crippen molar-refractivity contribution in [2.45, 2.75) is 18.4 Å². The van der Waals surface area contributed by atoms with Crippen molar-refractivity contribution >= 4 is 33.5 Å². The zero-order valence-electron chi connectivity index (χ0n) is 16.8. The fourth-order valence-corrected chi connectivity index (χ4v) is 6.24. The normalized spacial score (nSPS) is 26.6. The van der Waals surface area contributed by atoms with Gasteiger partial charge in [-0.15, -0.1) is 0 Å². The van der Waals surface area contributed by atoms with Gasteiger partial charge in [0.1, 0.15) is 11.4 Å². The number of hydrogen-bond acceptors (Lipinski definition) is 4. The van der Waals surface area contributed by atoms with Crippen LogP contribution < -0.4 is 9.62 Å². The van der Waals surface area contributed by atoms with E-state index in [0.717, 1.165) is 5.56 Å². The van der Waals surface area contributed by atoms with Crippen LogP contribution in [0.2, 0.25) is 5.02 Å². The molecule has 166 valence electrons. The van der Waals surface area contributed by atoms with Gasteiger partial charge < -0.3 is 10.0 Å². The van der Waals surface area contributed by atoms with Crippen molar-refractivity contribution in [3.05, 3.63) is 64.9 Å². The second-order valence-electron chi connectivity index (χ2n) is 7.94. The SMILES string of the molecule is C[C@@H]1[C@H](c2ccccc2)[C@]1(NS(=O)(=O)N1CCN(c2ccc(Cl)cc2F)CC1)C(=O)O. The number of carbonyl (C=O) groups is 1. The molecule has 1 aliphatic heterocycles. The first kappa shape index (κ1) is 22.0. The van der Waals surface area contributed by atoms with Gasteiger partial charge in [-0.05, 0) is 29.7 Å². The molecule has 7 nitrogen and oxygen atoms in total. The Bertz CT molecular complexity index is 1090. The van der Waals surface area contributed by atoms with Crippen molar-refractivity contribution in [2.75, 3.05) is 31.1 Å². The summed E-state index contributed by atoms with van der Waals surface area (Å²) in [6.45, 7) is 2.50. The first-order valence-corrected chi connectivity index (χ1v) is 11.8. The highest BCUT2D eigenvalue weighted by molar-refractivity contribution is 7.87. The number of nitrogens with zero attached hydrogens (tertiary/aromatic N) is 2. The van der Waals surface area contributed by atoms with Gasteiger partial charge in [0, 0.05) is 37.1 Å². The highest BCUT2D eigenvalue weighted by Crippen LogP contribution is 2.57. The van der Waals surface area contributed by atoms with Crippen molar-refractivity contribution in [1.29, 1.82) is 0 Å². The predicted octanol–water partition coefficient (Wildman–Crippen LogP) is 2.69. The lowest BCUT2D eigenvalue weighted by Gasteiger charge is -2.36. The largest absolute Gasteiger partial charge is 0.480 e. The van der Waals surface area contributed by atoms with Crippen molar-refractivity contribution in [1.82, 2.24) is 9.03 Å². The second kappa shape index (κ2) is 8.05. The van der Waals surface area contributed by atoms with Crippen LogP contribution in [0.15, 0.2) is 48.5 Å². The summed E-state index contributed by atoms with van der Waals surface area (Å²) in [5.74, 6) is -2.51. The van der Waals surface area contributed by atoms with Crippen molar-refractivity contribution in [2.24, 2.45) is 5.92 Å². The van der Waals surface area contributed by atoms with E-state index in [1.807, 2.05) is 6.07 Å². The molecule has 3 atom stereocenters. The number of nitrogens with one attached hydrogen (secondary N) is 1. The van der Waals surface area contributed by atoms with Crippen LogP contribution in [0.4, 0.5) is 10.1 Å². The molecule has 2 aromatic carbocycles. The highest BCUT2D eigenvalue weighted by Gasteiger charge is 2.70. The third-order valence-corrected chi connectivity index (χ3v) is 8.11. The van der Waals surface area contributed by atoms with Gasteiger partial charge in [0.15, 0.2) is 0 Å². The molecule has 2 N–H and O–H groups in total. The maximum Gasteiger partial charge on any atom is 0.325 e. The number of carboxylic acids is 1. The first-order chi connectivity index (χ1) is 14.7. The van der Waals surface area contributed by atoms with E-state index in [9.17, 15) is 22.7 Å². The number of hydrogen-bond donors (Lipinski definition) is 2. The number of anilines is 1. The molecule has 0 aromatic heterocycles. The third kappa shape index (κ3) is 3.91. The predicted molar refractivity (Wildman–Crippen MR) is 116 cm³/mol. The Morgan fingerprint density at radius 3 is 2.39 bits per heavy atom. The van der Waals surface area contributed by atoms with Crippen LogP contribution in [-0.4, -0.2) is 55.5 Å². The minimum Gasteiger partial charge on any atom is -0.480 e. The lowest BCUT2D eigenvalue weighted by molar-refractivity contribution is -0.140. The Hall–Kier alpha value is -2.20. The number of rotatable bonds is 6. The zero-order chi connectivity index (χ0) is 22.4. The van der Waals surface area contributed by atoms with Gasteiger partial charge in [-0.3, -0.25) is 4.79 Å². The average molecular weight is 468 g/mol. The zero-order valence-corrected chi connectivity index (χ0v) is 18.4. The van der Waals surface area contributed by atoms with Gasteiger partial charge >= 0.3 is 5.97 Å². The van der Waals surface area contributed by atoms with E-state index in [1.54, 1.807) is 48.2 Å². The molecule has 0 amide bonds. The summed E-state index contributed by atoms with van der Waals surface area (Å²) in [7, 11) is -4.06. The minimum atomic E-state index is -4.06. The molecule has 31 heavy (non-hydrogen) atoms. The second-order valence-corrected chi connectivity index (χ2v) is 10.0. The molecule has 4 rings (SSSR count). The van der Waals surface area contributed by atoms with Crippen molar-refractivity contribution < 1.29 is 22.7 Å². The molecule has 1 saturated heterocycles. The number of aliphatic carboxylic acids is 1. The van der Waals surface area contributed by atoms with Gasteiger partial charge in [-0.1, -0.05) is 48.9 Å². The smallest absolute Gasteiger partial charge is 0.325 e. The van der Waals surface area contributed by atoms with Crippen molar-refractivity contribution in [3.63, 3.8) is 0 Å². The monoisotopic (exact) mass is 467 g/mol. The van der Waals surface area contributed by atoms with E-state index in [-0.39, 0.29) is 31.2 Å². The molecule has 10 heteroatoms. The van der Waals surface area contributed by atoms with E-state index in [1.165, 1.54) is 10.4 Å². The maximum absolute atomic E-state index is 14.2. The van der Waals surface area contributed by atoms with Crippen LogP contribution in [0.5, 0.6) is 0 Å². The summed E-state index contributed by atoms with van der Waals surface area (Å²) in [6.07, 6.45) is 0. The van der Waals surface area contributed by atoms with Crippen molar-refractivity contribution in [3.8, 4) is 0 Å². The summed E-state index contributed by atoms with van der Waals surface area (Å²) < 4.78 is 44.0. The molecule has 1 aliphatic carbocycles. The van der Waals surface area contributed by atoms with E-state index in [4.69, 9.17) is 11.6 Å². The topological polar surface area (TPSA) is 90.0 Å². The van der Waals surface area contributed by atoms with Crippen LogP contribution in [-0.2, 0) is 15.0 Å². The van der Waals surface area contributed by atoms with Gasteiger partial charge in [-0.2, -0.15) is 17.4 Å². The summed E-state index contributed by atoms with van der Waals surface area (Å²) in [5.41, 5.74) is -0.445. The van der Waals surface area contributed by atoms with Gasteiger partial charge in [0.25, 0.3) is 10.2 Å². The number of carboxylic acid groups (broad SMARTS) is 1. The van der Waals surface area contributed by atoms with E-state index in [0.29, 0.717) is 5.69 Å². The summed E-state index contributed by atoms with van der Waals surface area (Å²) in [5, 5.41) is 10.2. The molecule has 1 heterocycles. The molecule has 0 spiro atoms. The Balaban J connectivity index is 1.48. The fourth-order valence-electron chi connectivity index (χ4n) is 4.49. The Morgan fingerprint density at radius 2 is 1.81 bits per heavy atom. The molecule has 0 bridgehead atoms. The van der Waals surface area contributed by atoms with Crippen LogP contribution in [0, 0.1) is 11.7 Å². The van der Waals surface area contributed by atoms with Crippen LogP contribution in [0.3, 0.4) is 0 Å². The molecular formula is C21H23ClFN3O4S. The Morgan fingerprint density at radius 1 is 1.16 bits per heavy atom. The van der Waals surface area contributed by atoms with Gasteiger partial charge in [-0.25, -0.2) is 4.39 Å². The molecule has 0 radical (unpaired) electrons. The third-order valence-electron chi connectivity index (χ3n) is 6.24. The van der Waals surface area contributed by atoms with Crippen LogP contribution in [0.1, 0.15) is 18.4 Å². The first-order valence-electron chi connectivity index (χ1n) is 9.94. The standard InChI is InChI=1S/C21H23ClFN3O4S/c1-14-19(15-5-3-2-4-6-15)21(14,20(27)28)24-31(29,30)26-11-9-25(10-12-26)18-8-7-16(22)13-17(18)23/h2-8,13-14,19,24H,9-12H2,1H3,(H,27,28)/t14-,19-,21+/m1/s1. The number of benzene rings is 2. The molecule has 1 saturated carbocycles.